The van der Waals surface area contributed by atoms with Crippen LogP contribution in [0.1, 0.15) is 65.9 Å². The van der Waals surface area contributed by atoms with Gasteiger partial charge in [0, 0.05) is 31.3 Å². The Morgan fingerprint density at radius 2 is 1.37 bits per heavy atom. The first-order chi connectivity index (χ1) is 21.0. The Hall–Kier alpha value is -5.04. The highest BCUT2D eigenvalue weighted by Crippen LogP contribution is 2.41. The number of nitrogens with one attached hydrogen (secondary N) is 1. The molecule has 0 spiro atoms. The summed E-state index contributed by atoms with van der Waals surface area (Å²) < 4.78 is 0. The molecule has 0 atom stereocenters. The van der Waals surface area contributed by atoms with Crippen molar-refractivity contribution in [3.8, 4) is 0 Å². The molecule has 7 heteroatoms. The van der Waals surface area contributed by atoms with Crippen LogP contribution < -0.4 is 5.32 Å². The van der Waals surface area contributed by atoms with Gasteiger partial charge in [0.15, 0.2) is 0 Å². The third-order valence-electron chi connectivity index (χ3n) is 7.54. The molecule has 5 rings (SSSR count). The van der Waals surface area contributed by atoms with Crippen LogP contribution in [0.2, 0.25) is 0 Å². The number of carbonyl (C=O) groups is 2. The topological polar surface area (TPSA) is 94.9 Å². The number of amidine groups is 1. The monoisotopic (exact) mass is 572 g/mol. The summed E-state index contributed by atoms with van der Waals surface area (Å²) in [4.78, 5) is 37.7. The minimum absolute atomic E-state index is 0.0489. The van der Waals surface area contributed by atoms with Crippen LogP contribution in [0.25, 0.3) is 6.08 Å². The second-order valence-electron chi connectivity index (χ2n) is 10.6. The molecule has 0 bridgehead atoms. The predicted octanol–water partition coefficient (Wildman–Crippen LogP) is 7.02. The van der Waals surface area contributed by atoms with Gasteiger partial charge in [0.05, 0.1) is 16.9 Å². The number of rotatable bonds is 10. The van der Waals surface area contributed by atoms with Gasteiger partial charge in [-0.2, -0.15) is 0 Å². The lowest BCUT2D eigenvalue weighted by Gasteiger charge is -2.33. The van der Waals surface area contributed by atoms with Crippen LogP contribution in [0.3, 0.4) is 0 Å². The number of aliphatic imine (C=N–C) groups is 1. The Morgan fingerprint density at radius 1 is 0.860 bits per heavy atom. The van der Waals surface area contributed by atoms with Crippen LogP contribution in [-0.4, -0.2) is 45.8 Å². The Morgan fingerprint density at radius 3 is 1.84 bits per heavy atom. The van der Waals surface area contributed by atoms with Crippen molar-refractivity contribution < 1.29 is 14.7 Å². The number of anilines is 1. The lowest BCUT2D eigenvalue weighted by Crippen LogP contribution is -2.35. The van der Waals surface area contributed by atoms with E-state index in [2.05, 4.69) is 60.5 Å². The molecule has 218 valence electrons. The van der Waals surface area contributed by atoms with Crippen molar-refractivity contribution in [1.82, 2.24) is 9.88 Å². The molecule has 0 unspecified atom stereocenters. The Kier molecular flexibility index (Phi) is 9.11. The van der Waals surface area contributed by atoms with E-state index >= 15 is 0 Å². The number of pyridine rings is 1. The number of carboxylic acid groups (broad SMARTS) is 1. The van der Waals surface area contributed by atoms with Gasteiger partial charge < -0.3 is 15.3 Å². The minimum atomic E-state index is -1.08. The van der Waals surface area contributed by atoms with Gasteiger partial charge >= 0.3 is 5.97 Å². The summed E-state index contributed by atoms with van der Waals surface area (Å²) >= 11 is 0. The molecule has 3 aromatic carbocycles. The quantitative estimate of drug-likeness (QED) is 0.199. The van der Waals surface area contributed by atoms with Crippen molar-refractivity contribution in [1.29, 1.82) is 0 Å². The van der Waals surface area contributed by atoms with E-state index in [-0.39, 0.29) is 17.9 Å². The fourth-order valence-corrected chi connectivity index (χ4v) is 5.60. The lowest BCUT2D eigenvalue weighted by molar-refractivity contribution is -0.127. The van der Waals surface area contributed by atoms with Crippen LogP contribution in [0.4, 0.5) is 5.69 Å². The number of fused-ring (bicyclic) bond motifs is 1. The smallest absolute Gasteiger partial charge is 0.337 e. The van der Waals surface area contributed by atoms with Gasteiger partial charge in [0.2, 0.25) is 5.91 Å². The highest BCUT2D eigenvalue weighted by molar-refractivity contribution is 6.10. The highest BCUT2D eigenvalue weighted by atomic mass is 16.4. The third-order valence-corrected chi connectivity index (χ3v) is 7.54. The van der Waals surface area contributed by atoms with Gasteiger partial charge in [0.25, 0.3) is 0 Å². The zero-order valence-corrected chi connectivity index (χ0v) is 24.5. The second-order valence-corrected chi connectivity index (χ2v) is 10.6. The first-order valence-electron chi connectivity index (χ1n) is 14.7. The summed E-state index contributed by atoms with van der Waals surface area (Å²) in [6.45, 7) is 5.41. The maximum Gasteiger partial charge on any atom is 0.337 e. The molecule has 0 saturated heterocycles. The summed E-state index contributed by atoms with van der Waals surface area (Å²) in [5.41, 5.74) is 3.49. The molecule has 0 saturated carbocycles. The minimum Gasteiger partial charge on any atom is -0.478 e. The summed E-state index contributed by atoms with van der Waals surface area (Å²) in [6.07, 6.45) is 4.99. The Labute approximate surface area is 252 Å². The maximum atomic E-state index is 14.0. The van der Waals surface area contributed by atoms with Crippen LogP contribution in [0.5, 0.6) is 0 Å². The number of aromatic nitrogens is 1. The fraction of sp³-hybridized carbons (Fsp3) is 0.222. The van der Waals surface area contributed by atoms with E-state index < -0.39 is 11.5 Å². The number of hydrogen-bond acceptors (Lipinski definition) is 4. The molecule has 1 aromatic heterocycles. The Balaban J connectivity index is 1.76. The molecule has 2 N–H and O–H groups in total. The molecule has 2 heterocycles. The van der Waals surface area contributed by atoms with Crippen molar-refractivity contribution >= 4 is 29.5 Å². The number of nitrogens with zero attached hydrogens (tertiary/aromatic N) is 3. The average Bonchev–Trinajstić information content (AvgIpc) is 3.23. The Bertz CT molecular complexity index is 1530. The van der Waals surface area contributed by atoms with Crippen molar-refractivity contribution in [2.45, 2.75) is 38.6 Å². The summed E-state index contributed by atoms with van der Waals surface area (Å²) in [6, 6.07) is 31.8. The summed E-state index contributed by atoms with van der Waals surface area (Å²) in [5, 5.41) is 13.1. The SMILES string of the molecule is CCCN(CCC)C(=O)C1=Cc2ncc(C(=O)O)cc2NC(=NC(c2ccccc2)(c2ccccc2)c2ccccc2)C1. The molecule has 4 aromatic rings. The van der Waals surface area contributed by atoms with E-state index in [4.69, 9.17) is 4.99 Å². The lowest BCUT2D eigenvalue weighted by atomic mass is 9.77. The molecule has 1 amide bonds. The van der Waals surface area contributed by atoms with Crippen LogP contribution in [-0.2, 0) is 10.3 Å². The van der Waals surface area contributed by atoms with Crippen molar-refractivity contribution in [3.63, 3.8) is 0 Å². The standard InChI is InChI=1S/C36H36N4O3/c1-3-20-40(21-4-2)34(41)26-22-31-32(23-27(25-37-31)35(42)43)38-33(24-26)39-36(28-14-8-5-9-15-28,29-16-10-6-11-17-29)30-18-12-7-13-19-30/h5-19,22-23,25H,3-4,20-21,24H2,1-2H3,(H,38,39)(H,42,43). The normalized spacial score (nSPS) is 13.8. The fourth-order valence-electron chi connectivity index (χ4n) is 5.60. The van der Waals surface area contributed by atoms with Gasteiger partial charge in [-0.05, 0) is 41.7 Å². The molecular weight excluding hydrogens is 536 g/mol. The molecule has 0 aliphatic carbocycles. The van der Waals surface area contributed by atoms with E-state index in [9.17, 15) is 14.7 Å². The van der Waals surface area contributed by atoms with E-state index in [1.165, 1.54) is 6.20 Å². The number of aromatic carboxylic acids is 1. The van der Waals surface area contributed by atoms with Crippen LogP contribution in [0, 0.1) is 0 Å². The van der Waals surface area contributed by atoms with E-state index in [1.54, 1.807) is 12.1 Å². The van der Waals surface area contributed by atoms with Gasteiger partial charge in [-0.1, -0.05) is 105 Å². The number of amides is 1. The average molecular weight is 573 g/mol. The molecule has 43 heavy (non-hydrogen) atoms. The molecule has 0 radical (unpaired) electrons. The van der Waals surface area contributed by atoms with Crippen LogP contribution >= 0.6 is 0 Å². The van der Waals surface area contributed by atoms with E-state index in [0.717, 1.165) is 29.5 Å². The maximum absolute atomic E-state index is 14.0. The molecule has 1 aliphatic rings. The predicted molar refractivity (Wildman–Crippen MR) is 171 cm³/mol. The van der Waals surface area contributed by atoms with Gasteiger partial charge in [0.1, 0.15) is 11.4 Å². The number of carbonyl (C=O) groups excluding carboxylic acids is 1. The highest BCUT2D eigenvalue weighted by Gasteiger charge is 2.37. The summed E-state index contributed by atoms with van der Waals surface area (Å²) in [7, 11) is 0. The van der Waals surface area contributed by atoms with Crippen molar-refractivity contribution in [3.05, 3.63) is 137 Å². The number of benzene rings is 3. The van der Waals surface area contributed by atoms with E-state index in [0.29, 0.717) is 35.9 Å². The summed E-state index contributed by atoms with van der Waals surface area (Å²) in [5.74, 6) is -0.614. The molecule has 0 fully saturated rings. The van der Waals surface area contributed by atoms with Gasteiger partial charge in [-0.25, -0.2) is 4.79 Å². The first kappa shape index (κ1) is 29.5. The molecule has 7 nitrogen and oxygen atoms in total. The largest absolute Gasteiger partial charge is 0.478 e. The number of hydrogen-bond donors (Lipinski definition) is 2. The number of carboxylic acids is 1. The first-order valence-corrected chi connectivity index (χ1v) is 14.7. The van der Waals surface area contributed by atoms with Gasteiger partial charge in [-0.15, -0.1) is 0 Å². The molecule has 1 aliphatic heterocycles. The van der Waals surface area contributed by atoms with Crippen molar-refractivity contribution in [2.75, 3.05) is 18.4 Å². The van der Waals surface area contributed by atoms with Crippen molar-refractivity contribution in [2.24, 2.45) is 4.99 Å². The molecular formula is C36H36N4O3. The zero-order valence-electron chi connectivity index (χ0n) is 24.5. The van der Waals surface area contributed by atoms with E-state index in [1.807, 2.05) is 59.5 Å². The van der Waals surface area contributed by atoms with Gasteiger partial charge in [-0.3, -0.25) is 14.8 Å². The second kappa shape index (κ2) is 13.3. The zero-order chi connectivity index (χ0) is 30.2. The third kappa shape index (κ3) is 6.26. The van der Waals surface area contributed by atoms with Crippen LogP contribution in [0.15, 0.2) is 114 Å².